The molecule has 13 heteroatoms. The quantitative estimate of drug-likeness (QED) is 0.449. The summed E-state index contributed by atoms with van der Waals surface area (Å²) in [6.45, 7) is 0.461. The number of anilines is 1. The maximum absolute atomic E-state index is 13.1. The van der Waals surface area contributed by atoms with E-state index < -0.39 is 34.3 Å². The zero-order valence-electron chi connectivity index (χ0n) is 19.2. The molecule has 2 heterocycles. The lowest BCUT2D eigenvalue weighted by molar-refractivity contribution is -0.136. The molecule has 4 rings (SSSR count). The predicted octanol–water partition coefficient (Wildman–Crippen LogP) is 3.01. The fraction of sp³-hybridized carbons (Fsp3) is 0.208. The molecule has 0 aliphatic carbocycles. The highest BCUT2D eigenvalue weighted by molar-refractivity contribution is 7.92. The van der Waals surface area contributed by atoms with Crippen molar-refractivity contribution < 1.29 is 36.3 Å². The van der Waals surface area contributed by atoms with Gasteiger partial charge in [-0.15, -0.1) is 0 Å². The molecule has 1 aliphatic rings. The molecule has 2 amide bonds. The SMILES string of the molecule is O=C(OCC(=O)N1CCN(C(=O)c2ccco2)CC1)c1cc(S(=O)(=O)Nc2ccc(F)cc2)ccc1Cl. The topological polar surface area (TPSA) is 126 Å². The number of nitrogens with zero attached hydrogens (tertiary/aromatic N) is 2. The predicted molar refractivity (Wildman–Crippen MR) is 130 cm³/mol. The van der Waals surface area contributed by atoms with Crippen LogP contribution in [0.2, 0.25) is 5.02 Å². The second-order valence-corrected chi connectivity index (χ2v) is 10.1. The van der Waals surface area contributed by atoms with Crippen LogP contribution in [0.4, 0.5) is 10.1 Å². The second kappa shape index (κ2) is 11.0. The highest BCUT2D eigenvalue weighted by Crippen LogP contribution is 2.23. The smallest absolute Gasteiger partial charge is 0.340 e. The molecule has 1 fully saturated rings. The largest absolute Gasteiger partial charge is 0.459 e. The van der Waals surface area contributed by atoms with Gasteiger partial charge in [-0.1, -0.05) is 11.6 Å². The van der Waals surface area contributed by atoms with Crippen LogP contribution in [0.3, 0.4) is 0 Å². The molecule has 0 bridgehead atoms. The number of carbonyl (C=O) groups is 3. The molecular weight excluding hydrogens is 529 g/mol. The van der Waals surface area contributed by atoms with E-state index >= 15 is 0 Å². The Morgan fingerprint density at radius 1 is 1.00 bits per heavy atom. The minimum absolute atomic E-state index is 0.0664. The summed E-state index contributed by atoms with van der Waals surface area (Å²) in [4.78, 5) is 40.2. The second-order valence-electron chi connectivity index (χ2n) is 7.98. The fourth-order valence-electron chi connectivity index (χ4n) is 3.57. The van der Waals surface area contributed by atoms with E-state index in [-0.39, 0.29) is 59.0 Å². The number of furan rings is 1. The number of esters is 1. The number of hydrogen-bond acceptors (Lipinski definition) is 7. The fourth-order valence-corrected chi connectivity index (χ4v) is 4.85. The van der Waals surface area contributed by atoms with Gasteiger partial charge in [-0.05, 0) is 54.6 Å². The van der Waals surface area contributed by atoms with Crippen molar-refractivity contribution in [1.82, 2.24) is 9.80 Å². The molecule has 37 heavy (non-hydrogen) atoms. The standard InChI is InChI=1S/C24H21ClFN3O7S/c25-20-8-7-18(37(33,34)27-17-5-3-16(26)4-6-17)14-19(20)24(32)36-15-22(30)28-9-11-29(12-10-28)23(31)21-2-1-13-35-21/h1-8,13-14,27H,9-12,15H2. The highest BCUT2D eigenvalue weighted by Gasteiger charge is 2.27. The van der Waals surface area contributed by atoms with Crippen LogP contribution in [0.15, 0.2) is 70.2 Å². The van der Waals surface area contributed by atoms with Gasteiger partial charge in [0.05, 0.1) is 21.7 Å². The molecule has 0 atom stereocenters. The van der Waals surface area contributed by atoms with Gasteiger partial charge < -0.3 is 19.0 Å². The Morgan fingerprint density at radius 2 is 1.68 bits per heavy atom. The molecule has 0 spiro atoms. The van der Waals surface area contributed by atoms with Crippen molar-refractivity contribution in [2.24, 2.45) is 0 Å². The third-order valence-corrected chi connectivity index (χ3v) is 7.25. The van der Waals surface area contributed by atoms with E-state index in [4.69, 9.17) is 20.8 Å². The van der Waals surface area contributed by atoms with Crippen LogP contribution in [0.5, 0.6) is 0 Å². The number of hydrogen-bond donors (Lipinski definition) is 1. The van der Waals surface area contributed by atoms with Crippen molar-refractivity contribution in [3.63, 3.8) is 0 Å². The van der Waals surface area contributed by atoms with Gasteiger partial charge >= 0.3 is 5.97 Å². The van der Waals surface area contributed by atoms with Gasteiger partial charge in [0.25, 0.3) is 21.8 Å². The van der Waals surface area contributed by atoms with Gasteiger partial charge in [0.15, 0.2) is 12.4 Å². The Balaban J connectivity index is 1.34. The monoisotopic (exact) mass is 549 g/mol. The molecule has 1 saturated heterocycles. The minimum Gasteiger partial charge on any atom is -0.459 e. The van der Waals surface area contributed by atoms with Crippen LogP contribution >= 0.6 is 11.6 Å². The van der Waals surface area contributed by atoms with Crippen molar-refractivity contribution in [1.29, 1.82) is 0 Å². The Hall–Kier alpha value is -3.90. The summed E-state index contributed by atoms with van der Waals surface area (Å²) in [6.07, 6.45) is 1.40. The van der Waals surface area contributed by atoms with Crippen LogP contribution in [0.25, 0.3) is 0 Å². The number of ether oxygens (including phenoxy) is 1. The summed E-state index contributed by atoms with van der Waals surface area (Å²) in [6, 6.07) is 11.3. The molecule has 0 unspecified atom stereocenters. The van der Waals surface area contributed by atoms with Crippen molar-refractivity contribution in [3.8, 4) is 0 Å². The van der Waals surface area contributed by atoms with Gasteiger partial charge in [-0.2, -0.15) is 0 Å². The average molecular weight is 550 g/mol. The third kappa shape index (κ3) is 6.27. The number of piperazine rings is 1. The number of rotatable bonds is 7. The van der Waals surface area contributed by atoms with Crippen LogP contribution in [-0.2, 0) is 19.6 Å². The molecule has 0 radical (unpaired) electrons. The number of amides is 2. The van der Waals surface area contributed by atoms with E-state index in [0.717, 1.165) is 18.2 Å². The lowest BCUT2D eigenvalue weighted by Crippen LogP contribution is -2.51. The molecule has 3 aromatic rings. The van der Waals surface area contributed by atoms with Gasteiger partial charge in [0.1, 0.15) is 5.82 Å². The van der Waals surface area contributed by atoms with Crippen molar-refractivity contribution in [3.05, 3.63) is 83.0 Å². The van der Waals surface area contributed by atoms with Crippen molar-refractivity contribution >= 4 is 45.1 Å². The highest BCUT2D eigenvalue weighted by atomic mass is 35.5. The van der Waals surface area contributed by atoms with Crippen molar-refractivity contribution in [2.45, 2.75) is 4.90 Å². The maximum atomic E-state index is 13.1. The van der Waals surface area contributed by atoms with Gasteiger partial charge in [0.2, 0.25) is 0 Å². The van der Waals surface area contributed by atoms with Gasteiger partial charge in [-0.25, -0.2) is 17.6 Å². The summed E-state index contributed by atoms with van der Waals surface area (Å²) in [7, 11) is -4.13. The van der Waals surface area contributed by atoms with E-state index in [2.05, 4.69) is 4.72 Å². The summed E-state index contributed by atoms with van der Waals surface area (Å²) < 4.78 is 51.0. The first kappa shape index (κ1) is 26.2. The molecule has 0 saturated carbocycles. The number of nitrogens with one attached hydrogen (secondary N) is 1. The summed E-state index contributed by atoms with van der Waals surface area (Å²) >= 11 is 6.07. The molecule has 194 valence electrons. The first-order valence-electron chi connectivity index (χ1n) is 11.0. The number of benzene rings is 2. The number of sulfonamides is 1. The van der Waals surface area contributed by atoms with Crippen LogP contribution in [0.1, 0.15) is 20.9 Å². The van der Waals surface area contributed by atoms with E-state index in [1.54, 1.807) is 17.0 Å². The van der Waals surface area contributed by atoms with E-state index in [0.29, 0.717) is 0 Å². The first-order chi connectivity index (χ1) is 17.6. The zero-order valence-corrected chi connectivity index (χ0v) is 20.8. The lowest BCUT2D eigenvalue weighted by atomic mass is 10.2. The summed E-state index contributed by atoms with van der Waals surface area (Å²) in [5.41, 5.74) is -0.123. The summed E-state index contributed by atoms with van der Waals surface area (Å²) in [5.74, 6) is -2.05. The van der Waals surface area contributed by atoms with E-state index in [1.165, 1.54) is 35.4 Å². The minimum atomic E-state index is -4.13. The van der Waals surface area contributed by atoms with E-state index in [9.17, 15) is 27.2 Å². The first-order valence-corrected chi connectivity index (χ1v) is 12.9. The zero-order chi connectivity index (χ0) is 26.6. The third-order valence-electron chi connectivity index (χ3n) is 5.54. The molecule has 2 aromatic carbocycles. The van der Waals surface area contributed by atoms with Gasteiger partial charge in [-0.3, -0.25) is 14.3 Å². The lowest BCUT2D eigenvalue weighted by Gasteiger charge is -2.34. The molecular formula is C24H21ClFN3O7S. The Labute approximate surface area is 216 Å². The van der Waals surface area contributed by atoms with Gasteiger partial charge in [0, 0.05) is 31.9 Å². The van der Waals surface area contributed by atoms with E-state index in [1.807, 2.05) is 0 Å². The van der Waals surface area contributed by atoms with Crippen LogP contribution in [-0.4, -0.2) is 68.8 Å². The van der Waals surface area contributed by atoms with Crippen LogP contribution < -0.4 is 4.72 Å². The number of carbonyl (C=O) groups excluding carboxylic acids is 3. The van der Waals surface area contributed by atoms with Crippen LogP contribution in [0, 0.1) is 5.82 Å². The normalized spacial score (nSPS) is 13.8. The Morgan fingerprint density at radius 3 is 2.32 bits per heavy atom. The number of halogens is 2. The molecule has 1 N–H and O–H groups in total. The maximum Gasteiger partial charge on any atom is 0.340 e. The molecule has 1 aromatic heterocycles. The molecule has 10 nitrogen and oxygen atoms in total. The Kier molecular flexibility index (Phi) is 7.79. The Bertz CT molecular complexity index is 1400. The van der Waals surface area contributed by atoms with Crippen molar-refractivity contribution in [2.75, 3.05) is 37.5 Å². The summed E-state index contributed by atoms with van der Waals surface area (Å²) in [5, 5.41) is -0.0664. The average Bonchev–Trinajstić information content (AvgIpc) is 3.43. The molecule has 1 aliphatic heterocycles.